The molecule has 2 aliphatic carbocycles. The summed E-state index contributed by atoms with van der Waals surface area (Å²) < 4.78 is 13.9. The molecule has 0 saturated heterocycles. The molecule has 0 N–H and O–H groups in total. The number of carbonyl (C=O) groups excluding carboxylic acids is 2. The first-order valence-corrected chi connectivity index (χ1v) is 14.1. The lowest BCUT2D eigenvalue weighted by atomic mass is 9.58. The van der Waals surface area contributed by atoms with Gasteiger partial charge in [-0.05, 0) is 16.7 Å². The number of benzene rings is 5. The Kier molecular flexibility index (Phi) is 5.13. The monoisotopic (exact) mass is 546 g/mol. The lowest BCUT2D eigenvalue weighted by Crippen LogP contribution is -2.58. The number of hydrogen-bond donors (Lipinski definition) is 0. The number of rotatable bonds is 6. The molecule has 0 spiro atoms. The standard InChI is InChI=1S/C38H26O4/c1-41-37-29-22-12-11-21-28(29)32-33(25-15-5-2-6-16-25)42-38(31-24-14-13-23-30(31)37,35(40)27-19-9-4-10-20-27)36(32,37)34(39)26-17-7-3-8-18-26/h2-24H,1H3. The molecule has 4 nitrogen and oxygen atoms in total. The van der Waals surface area contributed by atoms with E-state index in [1.807, 2.05) is 127 Å². The molecule has 5 aromatic carbocycles. The highest BCUT2D eigenvalue weighted by molar-refractivity contribution is 6.25. The first kappa shape index (κ1) is 24.7. The van der Waals surface area contributed by atoms with Gasteiger partial charge in [-0.3, -0.25) is 9.59 Å². The molecular weight excluding hydrogens is 520 g/mol. The smallest absolute Gasteiger partial charge is 0.217 e. The van der Waals surface area contributed by atoms with Crippen molar-refractivity contribution in [3.05, 3.63) is 178 Å². The lowest BCUT2D eigenvalue weighted by molar-refractivity contribution is -0.0898. The highest BCUT2D eigenvalue weighted by Crippen LogP contribution is 2.80. The normalized spacial score (nSPS) is 24.5. The average molecular weight is 547 g/mol. The number of hydrogen-bond acceptors (Lipinski definition) is 4. The largest absolute Gasteiger partial charge is 0.472 e. The van der Waals surface area contributed by atoms with Crippen molar-refractivity contribution in [1.82, 2.24) is 0 Å². The summed E-state index contributed by atoms with van der Waals surface area (Å²) in [5.74, 6) is 0.0163. The summed E-state index contributed by atoms with van der Waals surface area (Å²) in [6, 6.07) is 43.8. The van der Waals surface area contributed by atoms with E-state index in [1.165, 1.54) is 0 Å². The summed E-state index contributed by atoms with van der Waals surface area (Å²) >= 11 is 0. The number of fused-ring (bicyclic) bond motifs is 6. The Morgan fingerprint density at radius 3 is 1.69 bits per heavy atom. The molecule has 0 bridgehead atoms. The van der Waals surface area contributed by atoms with Gasteiger partial charge in [0, 0.05) is 34.9 Å². The van der Waals surface area contributed by atoms with Gasteiger partial charge in [0.2, 0.25) is 11.4 Å². The fourth-order valence-corrected chi connectivity index (χ4v) is 7.82. The quantitative estimate of drug-likeness (QED) is 0.208. The van der Waals surface area contributed by atoms with Crippen LogP contribution in [0, 0.1) is 5.41 Å². The van der Waals surface area contributed by atoms with Crippen LogP contribution in [0.5, 0.6) is 0 Å². The molecule has 0 saturated carbocycles. The molecule has 202 valence electrons. The van der Waals surface area contributed by atoms with Crippen LogP contribution in [0.25, 0.3) is 11.3 Å². The Morgan fingerprint density at radius 1 is 0.571 bits per heavy atom. The molecule has 3 aliphatic rings. The van der Waals surface area contributed by atoms with Crippen molar-refractivity contribution >= 4 is 22.9 Å². The predicted molar refractivity (Wildman–Crippen MR) is 161 cm³/mol. The zero-order valence-electron chi connectivity index (χ0n) is 22.9. The van der Waals surface area contributed by atoms with E-state index < -0.39 is 16.6 Å². The van der Waals surface area contributed by atoms with Crippen molar-refractivity contribution in [2.45, 2.75) is 11.2 Å². The minimum Gasteiger partial charge on any atom is -0.472 e. The summed E-state index contributed by atoms with van der Waals surface area (Å²) in [5.41, 5.74) is 0.849. The van der Waals surface area contributed by atoms with Gasteiger partial charge in [-0.1, -0.05) is 140 Å². The zero-order chi connectivity index (χ0) is 28.5. The maximum absolute atomic E-state index is 15.6. The third-order valence-electron chi connectivity index (χ3n) is 9.25. The number of methoxy groups -OCH3 is 1. The van der Waals surface area contributed by atoms with Crippen molar-refractivity contribution in [1.29, 1.82) is 0 Å². The van der Waals surface area contributed by atoms with E-state index in [1.54, 1.807) is 19.2 Å². The van der Waals surface area contributed by atoms with Crippen LogP contribution < -0.4 is 0 Å². The van der Waals surface area contributed by atoms with Crippen LogP contribution in [0.3, 0.4) is 0 Å². The number of Topliss-reactive ketones (excluding diaryl/α,β-unsaturated/α-hetero) is 2. The van der Waals surface area contributed by atoms with Crippen LogP contribution in [0.4, 0.5) is 0 Å². The van der Waals surface area contributed by atoms with E-state index in [0.29, 0.717) is 28.0 Å². The van der Waals surface area contributed by atoms with E-state index >= 15 is 9.59 Å². The van der Waals surface area contributed by atoms with Crippen molar-refractivity contribution in [3.8, 4) is 0 Å². The van der Waals surface area contributed by atoms with Gasteiger partial charge in [-0.25, -0.2) is 0 Å². The first-order chi connectivity index (χ1) is 20.6. The Bertz CT molecular complexity index is 1930. The summed E-state index contributed by atoms with van der Waals surface area (Å²) in [7, 11) is 1.64. The fraction of sp³-hybridized carbons (Fsp3) is 0.105. The lowest BCUT2D eigenvalue weighted by Gasteiger charge is -2.44. The van der Waals surface area contributed by atoms with Crippen molar-refractivity contribution < 1.29 is 19.1 Å². The Labute approximate surface area is 243 Å². The average Bonchev–Trinajstić information content (AvgIpc) is 3.62. The van der Waals surface area contributed by atoms with Gasteiger partial charge in [0.15, 0.2) is 11.2 Å². The molecule has 1 aliphatic heterocycles. The van der Waals surface area contributed by atoms with Crippen LogP contribution in [0.1, 0.15) is 48.5 Å². The predicted octanol–water partition coefficient (Wildman–Crippen LogP) is 7.45. The maximum Gasteiger partial charge on any atom is 0.217 e. The van der Waals surface area contributed by atoms with Gasteiger partial charge >= 0.3 is 0 Å². The van der Waals surface area contributed by atoms with E-state index in [-0.39, 0.29) is 11.6 Å². The van der Waals surface area contributed by atoms with Gasteiger partial charge in [-0.2, -0.15) is 0 Å². The van der Waals surface area contributed by atoms with E-state index in [2.05, 4.69) is 0 Å². The van der Waals surface area contributed by atoms with Crippen LogP contribution in [-0.4, -0.2) is 18.7 Å². The fourth-order valence-electron chi connectivity index (χ4n) is 7.82. The molecule has 0 radical (unpaired) electrons. The summed E-state index contributed by atoms with van der Waals surface area (Å²) in [6.45, 7) is 0. The number of ether oxygens (including phenoxy) is 2. The van der Waals surface area contributed by atoms with Gasteiger partial charge < -0.3 is 9.47 Å². The topological polar surface area (TPSA) is 52.6 Å². The third-order valence-corrected chi connectivity index (χ3v) is 9.25. The van der Waals surface area contributed by atoms with Crippen LogP contribution in [-0.2, 0) is 20.7 Å². The minimum absolute atomic E-state index is 0.220. The summed E-state index contributed by atoms with van der Waals surface area (Å²) in [4.78, 5) is 30.9. The molecule has 0 aromatic heterocycles. The third kappa shape index (κ3) is 2.66. The maximum atomic E-state index is 15.6. The molecule has 5 aromatic rings. The second kappa shape index (κ2) is 8.72. The van der Waals surface area contributed by atoms with Crippen LogP contribution in [0.15, 0.2) is 140 Å². The van der Waals surface area contributed by atoms with Crippen LogP contribution in [0.2, 0.25) is 0 Å². The molecule has 0 amide bonds. The highest BCUT2D eigenvalue weighted by atomic mass is 16.5. The second-order valence-electron chi connectivity index (χ2n) is 11.0. The number of ketones is 2. The highest BCUT2D eigenvalue weighted by Gasteiger charge is 2.86. The van der Waals surface area contributed by atoms with E-state index in [4.69, 9.17) is 9.47 Å². The molecule has 4 heteroatoms. The van der Waals surface area contributed by atoms with Gasteiger partial charge in [0.1, 0.15) is 11.4 Å². The Hall–Kier alpha value is -5.06. The summed E-state index contributed by atoms with van der Waals surface area (Å²) in [5, 5.41) is 0. The molecule has 8 rings (SSSR count). The summed E-state index contributed by atoms with van der Waals surface area (Å²) in [6.07, 6.45) is 0. The molecule has 1 heterocycles. The first-order valence-electron chi connectivity index (χ1n) is 14.1. The van der Waals surface area contributed by atoms with E-state index in [9.17, 15) is 0 Å². The van der Waals surface area contributed by atoms with Gasteiger partial charge in [0.05, 0.1) is 0 Å². The Balaban J connectivity index is 1.61. The van der Waals surface area contributed by atoms with Gasteiger partial charge in [0.25, 0.3) is 0 Å². The van der Waals surface area contributed by atoms with E-state index in [0.717, 1.165) is 22.3 Å². The Morgan fingerprint density at radius 2 is 1.07 bits per heavy atom. The van der Waals surface area contributed by atoms with Gasteiger partial charge in [-0.15, -0.1) is 0 Å². The van der Waals surface area contributed by atoms with Crippen molar-refractivity contribution in [2.24, 2.45) is 5.41 Å². The molecule has 3 atom stereocenters. The zero-order valence-corrected chi connectivity index (χ0v) is 22.9. The van der Waals surface area contributed by atoms with Crippen molar-refractivity contribution in [2.75, 3.05) is 7.11 Å². The number of carbonyl (C=O) groups is 2. The SMILES string of the molecule is COC12c3ccccc3C3=C(c4ccccc4)OC(C(=O)c4ccccc4)(c4ccccc41)C32C(=O)c1ccccc1. The van der Waals surface area contributed by atoms with Crippen molar-refractivity contribution in [3.63, 3.8) is 0 Å². The molecule has 3 unspecified atom stereocenters. The molecule has 0 fully saturated rings. The molecule has 42 heavy (non-hydrogen) atoms. The van der Waals surface area contributed by atoms with Crippen LogP contribution >= 0.6 is 0 Å². The second-order valence-corrected chi connectivity index (χ2v) is 11.0. The minimum atomic E-state index is -1.74. The molecular formula is C38H26O4.